The molecule has 0 aliphatic heterocycles. The summed E-state index contributed by atoms with van der Waals surface area (Å²) in [6.45, 7) is -0.420. The lowest BCUT2D eigenvalue weighted by Crippen LogP contribution is -2.19. The minimum atomic E-state index is -1.06. The third kappa shape index (κ3) is 4.03. The fourth-order valence-corrected chi connectivity index (χ4v) is 1.37. The molecule has 10 nitrogen and oxygen atoms in total. The number of hydrogen-bond donors (Lipinski definition) is 3. The van der Waals surface area contributed by atoms with Crippen molar-refractivity contribution >= 4 is 23.9 Å². The Labute approximate surface area is 123 Å². The molecule has 22 heavy (non-hydrogen) atoms. The third-order valence-corrected chi connectivity index (χ3v) is 2.35. The van der Waals surface area contributed by atoms with Crippen molar-refractivity contribution in [3.05, 3.63) is 35.5 Å². The minimum Gasteiger partial charge on any atom is -0.482 e. The summed E-state index contributed by atoms with van der Waals surface area (Å²) in [5.41, 5.74) is 8.07. The van der Waals surface area contributed by atoms with Crippen molar-refractivity contribution in [2.24, 2.45) is 5.10 Å². The number of carboxylic acid groups (broad SMARTS) is 1. The van der Waals surface area contributed by atoms with E-state index < -0.39 is 18.5 Å². The number of amides is 1. The molecule has 0 saturated carbocycles. The van der Waals surface area contributed by atoms with Crippen LogP contribution in [0.4, 0.5) is 5.82 Å². The van der Waals surface area contributed by atoms with E-state index in [0.717, 1.165) is 0 Å². The van der Waals surface area contributed by atoms with Crippen LogP contribution in [0.5, 0.6) is 5.75 Å². The molecule has 2 aromatic rings. The molecule has 114 valence electrons. The van der Waals surface area contributed by atoms with Gasteiger partial charge in [-0.3, -0.25) is 4.79 Å². The van der Waals surface area contributed by atoms with Crippen LogP contribution in [-0.4, -0.2) is 40.1 Å². The van der Waals surface area contributed by atoms with Gasteiger partial charge in [0.05, 0.1) is 6.21 Å². The predicted octanol–water partition coefficient (Wildman–Crippen LogP) is -0.121. The fraction of sp³-hybridized carbons (Fsp3) is 0.0833. The molecular formula is C12H11N5O5. The average molecular weight is 305 g/mol. The van der Waals surface area contributed by atoms with Gasteiger partial charge in [-0.25, -0.2) is 14.8 Å². The number of nitrogens with one attached hydrogen (secondary N) is 1. The number of aliphatic carboxylic acids is 1. The number of nitrogen functional groups attached to an aromatic ring is 1. The van der Waals surface area contributed by atoms with Crippen LogP contribution in [-0.2, 0) is 4.79 Å². The molecule has 0 radical (unpaired) electrons. The van der Waals surface area contributed by atoms with Gasteiger partial charge >= 0.3 is 5.97 Å². The number of carbonyl (C=O) groups is 2. The van der Waals surface area contributed by atoms with Gasteiger partial charge in [-0.1, -0.05) is 0 Å². The molecule has 1 amide bonds. The highest BCUT2D eigenvalue weighted by Gasteiger charge is 2.14. The molecule has 0 bridgehead atoms. The van der Waals surface area contributed by atoms with E-state index in [1.807, 2.05) is 0 Å². The Balaban J connectivity index is 1.89. The van der Waals surface area contributed by atoms with Crippen molar-refractivity contribution in [2.75, 3.05) is 12.3 Å². The second kappa shape index (κ2) is 6.83. The summed E-state index contributed by atoms with van der Waals surface area (Å²) in [5, 5.41) is 18.8. The molecule has 0 fully saturated rings. The summed E-state index contributed by atoms with van der Waals surface area (Å²) in [5.74, 6) is -1.44. The first kappa shape index (κ1) is 15.0. The van der Waals surface area contributed by atoms with E-state index in [0.29, 0.717) is 11.3 Å². The number of hydrazone groups is 1. The standard InChI is InChI=1S/C12H11N5O5/c13-11-10(16-22-17-11)12(20)15-14-5-7-1-3-8(4-2-7)21-6-9(18)19/h1-5H,6H2,(H2,13,17)(H,15,20)(H,18,19). The van der Waals surface area contributed by atoms with Gasteiger partial charge in [-0.05, 0) is 40.1 Å². The average Bonchev–Trinajstić information content (AvgIpc) is 2.92. The maximum Gasteiger partial charge on any atom is 0.341 e. The number of rotatable bonds is 6. The van der Waals surface area contributed by atoms with Gasteiger partial charge in [0.2, 0.25) is 11.5 Å². The number of benzene rings is 1. The van der Waals surface area contributed by atoms with Crippen LogP contribution in [0.15, 0.2) is 34.0 Å². The number of anilines is 1. The van der Waals surface area contributed by atoms with Crippen molar-refractivity contribution in [3.8, 4) is 5.75 Å². The normalized spacial score (nSPS) is 10.5. The van der Waals surface area contributed by atoms with E-state index >= 15 is 0 Å². The molecule has 10 heteroatoms. The van der Waals surface area contributed by atoms with Gasteiger partial charge in [0.15, 0.2) is 6.61 Å². The Morgan fingerprint density at radius 3 is 2.68 bits per heavy atom. The van der Waals surface area contributed by atoms with Crippen molar-refractivity contribution in [3.63, 3.8) is 0 Å². The van der Waals surface area contributed by atoms with Crippen LogP contribution >= 0.6 is 0 Å². The monoisotopic (exact) mass is 305 g/mol. The molecule has 1 aromatic heterocycles. The third-order valence-electron chi connectivity index (χ3n) is 2.35. The Morgan fingerprint density at radius 1 is 1.36 bits per heavy atom. The molecule has 0 unspecified atom stereocenters. The first-order chi connectivity index (χ1) is 10.6. The van der Waals surface area contributed by atoms with Crippen molar-refractivity contribution in [1.82, 2.24) is 15.7 Å². The highest BCUT2D eigenvalue weighted by atomic mass is 16.6. The molecule has 0 atom stereocenters. The summed E-state index contributed by atoms with van der Waals surface area (Å²) in [7, 11) is 0. The lowest BCUT2D eigenvalue weighted by molar-refractivity contribution is -0.139. The molecule has 0 spiro atoms. The molecular weight excluding hydrogens is 294 g/mol. The summed E-state index contributed by atoms with van der Waals surface area (Å²) >= 11 is 0. The minimum absolute atomic E-state index is 0.132. The highest BCUT2D eigenvalue weighted by Crippen LogP contribution is 2.10. The quantitative estimate of drug-likeness (QED) is 0.493. The van der Waals surface area contributed by atoms with E-state index in [4.69, 9.17) is 15.6 Å². The van der Waals surface area contributed by atoms with E-state index in [1.165, 1.54) is 6.21 Å². The number of nitrogens with zero attached hydrogens (tertiary/aromatic N) is 3. The second-order valence-corrected chi connectivity index (χ2v) is 3.95. The number of nitrogens with two attached hydrogens (primary N) is 1. The molecule has 1 aromatic carbocycles. The van der Waals surface area contributed by atoms with Gasteiger partial charge in [-0.15, -0.1) is 0 Å². The number of carboxylic acids is 1. The molecule has 0 aliphatic carbocycles. The van der Waals surface area contributed by atoms with Crippen LogP contribution in [0.25, 0.3) is 0 Å². The predicted molar refractivity (Wildman–Crippen MR) is 73.3 cm³/mol. The Hall–Kier alpha value is -3.43. The van der Waals surface area contributed by atoms with Crippen LogP contribution < -0.4 is 15.9 Å². The van der Waals surface area contributed by atoms with Crippen molar-refractivity contribution < 1.29 is 24.1 Å². The molecule has 1 heterocycles. The molecule has 0 aliphatic rings. The largest absolute Gasteiger partial charge is 0.482 e. The maximum atomic E-state index is 11.6. The zero-order chi connectivity index (χ0) is 15.9. The lowest BCUT2D eigenvalue weighted by atomic mass is 10.2. The van der Waals surface area contributed by atoms with Crippen molar-refractivity contribution in [1.29, 1.82) is 0 Å². The highest BCUT2D eigenvalue weighted by molar-refractivity contribution is 5.96. The topological polar surface area (TPSA) is 153 Å². The first-order valence-corrected chi connectivity index (χ1v) is 5.92. The molecule has 0 saturated heterocycles. The van der Waals surface area contributed by atoms with E-state index in [1.54, 1.807) is 24.3 Å². The second-order valence-electron chi connectivity index (χ2n) is 3.95. The summed E-state index contributed by atoms with van der Waals surface area (Å²) in [6, 6.07) is 6.43. The zero-order valence-corrected chi connectivity index (χ0v) is 11.1. The Kier molecular flexibility index (Phi) is 4.65. The van der Waals surface area contributed by atoms with Gasteiger partial charge < -0.3 is 15.6 Å². The molecule has 2 rings (SSSR count). The van der Waals surface area contributed by atoms with Crippen LogP contribution in [0.3, 0.4) is 0 Å². The van der Waals surface area contributed by atoms with Crippen LogP contribution in [0, 0.1) is 0 Å². The van der Waals surface area contributed by atoms with Gasteiger partial charge in [-0.2, -0.15) is 5.10 Å². The van der Waals surface area contributed by atoms with E-state index in [9.17, 15) is 9.59 Å². The SMILES string of the molecule is Nc1nonc1C(=O)NN=Cc1ccc(OCC(=O)O)cc1. The summed E-state index contributed by atoms with van der Waals surface area (Å²) in [4.78, 5) is 21.9. The smallest absolute Gasteiger partial charge is 0.341 e. The van der Waals surface area contributed by atoms with Gasteiger partial charge in [0.25, 0.3) is 5.91 Å². The van der Waals surface area contributed by atoms with E-state index in [2.05, 4.69) is 25.5 Å². The lowest BCUT2D eigenvalue weighted by Gasteiger charge is -2.02. The first-order valence-electron chi connectivity index (χ1n) is 5.92. The van der Waals surface area contributed by atoms with E-state index in [-0.39, 0.29) is 11.5 Å². The van der Waals surface area contributed by atoms with Crippen LogP contribution in [0.2, 0.25) is 0 Å². The number of ether oxygens (including phenoxy) is 1. The maximum absolute atomic E-state index is 11.6. The van der Waals surface area contributed by atoms with Gasteiger partial charge in [0.1, 0.15) is 5.75 Å². The molecule has 4 N–H and O–H groups in total. The Morgan fingerprint density at radius 2 is 2.09 bits per heavy atom. The number of hydrogen-bond acceptors (Lipinski definition) is 8. The van der Waals surface area contributed by atoms with Gasteiger partial charge in [0, 0.05) is 0 Å². The summed E-state index contributed by atoms with van der Waals surface area (Å²) < 4.78 is 9.26. The Bertz CT molecular complexity index is 694. The van der Waals surface area contributed by atoms with Crippen molar-refractivity contribution in [2.45, 2.75) is 0 Å². The zero-order valence-electron chi connectivity index (χ0n) is 11.1. The summed E-state index contributed by atoms with van der Waals surface area (Å²) in [6.07, 6.45) is 1.38. The number of carbonyl (C=O) groups excluding carboxylic acids is 1. The van der Waals surface area contributed by atoms with Crippen LogP contribution in [0.1, 0.15) is 16.1 Å². The number of aromatic nitrogens is 2. The fourth-order valence-electron chi connectivity index (χ4n) is 1.37.